The summed E-state index contributed by atoms with van der Waals surface area (Å²) in [6, 6.07) is 59.7. The van der Waals surface area contributed by atoms with Crippen LogP contribution >= 0.6 is 0 Å². The third-order valence-electron chi connectivity index (χ3n) is 11.8. The number of nitrogens with zero attached hydrogens (tertiary/aromatic N) is 3. The molecule has 10 aromatic rings. The van der Waals surface area contributed by atoms with Gasteiger partial charge in [0, 0.05) is 27.3 Å². The summed E-state index contributed by atoms with van der Waals surface area (Å²) >= 11 is 0. The molecule has 2 aromatic heterocycles. The summed E-state index contributed by atoms with van der Waals surface area (Å²) in [5, 5.41) is 9.93. The van der Waals surface area contributed by atoms with Crippen LogP contribution in [0.2, 0.25) is 0 Å². The van der Waals surface area contributed by atoms with Crippen LogP contribution < -0.4 is 0 Å². The first-order valence-corrected chi connectivity index (χ1v) is 19.0. The summed E-state index contributed by atoms with van der Waals surface area (Å²) in [7, 11) is 0. The molecule has 0 saturated carbocycles. The predicted molar refractivity (Wildman–Crippen MR) is 226 cm³/mol. The van der Waals surface area contributed by atoms with E-state index in [0.29, 0.717) is 0 Å². The van der Waals surface area contributed by atoms with E-state index in [-0.39, 0.29) is 5.41 Å². The molecule has 0 N–H and O–H groups in total. The van der Waals surface area contributed by atoms with Crippen LogP contribution in [0.1, 0.15) is 36.2 Å². The lowest BCUT2D eigenvalue weighted by Gasteiger charge is -2.21. The largest absolute Gasteiger partial charge is 0.293 e. The second-order valence-electron chi connectivity index (χ2n) is 15.3. The van der Waals surface area contributed by atoms with E-state index >= 15 is 0 Å². The minimum absolute atomic E-state index is 0.308. The number of para-hydroxylation sites is 1. The van der Waals surface area contributed by atoms with E-state index in [1.54, 1.807) is 0 Å². The maximum Gasteiger partial charge on any atom is 0.161 e. The van der Waals surface area contributed by atoms with Gasteiger partial charge in [-0.25, -0.2) is 9.97 Å². The van der Waals surface area contributed by atoms with Crippen molar-refractivity contribution in [2.45, 2.75) is 32.1 Å². The quantitative estimate of drug-likeness (QED) is 0.168. The van der Waals surface area contributed by atoms with Crippen molar-refractivity contribution in [1.29, 1.82) is 0 Å². The highest BCUT2D eigenvalue weighted by atomic mass is 15.1. The third-order valence-corrected chi connectivity index (χ3v) is 11.8. The number of rotatable bonds is 5. The lowest BCUT2D eigenvalue weighted by Crippen LogP contribution is -2.18. The van der Waals surface area contributed by atoms with Crippen molar-refractivity contribution in [2.24, 2.45) is 0 Å². The van der Waals surface area contributed by atoms with Crippen molar-refractivity contribution >= 4 is 54.1 Å². The summed E-state index contributed by atoms with van der Waals surface area (Å²) in [5.74, 6) is 1.67. The number of fused-ring (bicyclic) bond motifs is 10. The third kappa shape index (κ3) is 4.61. The highest BCUT2D eigenvalue weighted by Gasteiger charge is 2.40. The van der Waals surface area contributed by atoms with Crippen LogP contribution in [0.3, 0.4) is 0 Å². The molecular weight excluding hydrogens is 655 g/mol. The monoisotopic (exact) mass is 691 g/mol. The minimum Gasteiger partial charge on any atom is -0.293 e. The first kappa shape index (κ1) is 31.0. The second-order valence-corrected chi connectivity index (χ2v) is 15.3. The molecule has 0 unspecified atom stereocenters. The van der Waals surface area contributed by atoms with Crippen LogP contribution in [-0.4, -0.2) is 14.5 Å². The van der Waals surface area contributed by atoms with Crippen molar-refractivity contribution < 1.29 is 0 Å². The van der Waals surface area contributed by atoms with Crippen molar-refractivity contribution in [1.82, 2.24) is 14.5 Å². The Morgan fingerprint density at radius 3 is 2.06 bits per heavy atom. The van der Waals surface area contributed by atoms with Crippen LogP contribution in [0.15, 0.2) is 164 Å². The van der Waals surface area contributed by atoms with E-state index in [4.69, 9.17) is 9.97 Å². The van der Waals surface area contributed by atoms with Crippen molar-refractivity contribution in [2.75, 3.05) is 0 Å². The van der Waals surface area contributed by atoms with Crippen molar-refractivity contribution in [3.8, 4) is 28.3 Å². The first-order chi connectivity index (χ1) is 26.5. The molecule has 0 aliphatic heterocycles. The molecule has 0 radical (unpaired) electrons. The van der Waals surface area contributed by atoms with Crippen molar-refractivity contribution in [3.63, 3.8) is 0 Å². The Labute approximate surface area is 314 Å². The highest BCUT2D eigenvalue weighted by molar-refractivity contribution is 6.14. The molecule has 54 heavy (non-hydrogen) atoms. The summed E-state index contributed by atoms with van der Waals surface area (Å²) in [4.78, 5) is 11.2. The molecule has 0 saturated heterocycles. The molecule has 1 aliphatic carbocycles. The Morgan fingerprint density at radius 1 is 0.500 bits per heavy atom. The molecule has 0 spiro atoms. The lowest BCUT2D eigenvalue weighted by atomic mass is 9.85. The van der Waals surface area contributed by atoms with Gasteiger partial charge in [0.1, 0.15) is 5.82 Å². The normalized spacial score (nSPS) is 13.3. The molecule has 0 bridgehead atoms. The van der Waals surface area contributed by atoms with Crippen LogP contribution in [0.5, 0.6) is 0 Å². The summed E-state index contributed by atoms with van der Waals surface area (Å²) in [6.45, 7) is 4.62. The Hall–Kier alpha value is -6.58. The van der Waals surface area contributed by atoms with Crippen molar-refractivity contribution in [3.05, 3.63) is 186 Å². The zero-order chi connectivity index (χ0) is 36.0. The Bertz CT molecular complexity index is 3130. The topological polar surface area (TPSA) is 30.7 Å². The van der Waals surface area contributed by atoms with Gasteiger partial charge >= 0.3 is 0 Å². The SMILES string of the molecule is CC1(C)c2ccccc2-c2c(-n3c4ccccc4c4cc5ccccc5cc43)nc(-c3ccc4c(CCc5ccccc5)cc5ccccc5c4c3)nc21. The van der Waals surface area contributed by atoms with Gasteiger partial charge in [0.2, 0.25) is 0 Å². The van der Waals surface area contributed by atoms with Gasteiger partial charge in [0.25, 0.3) is 0 Å². The Kier molecular flexibility index (Phi) is 6.72. The fraction of sp³-hybridized carbons (Fsp3) is 0.0980. The van der Waals surface area contributed by atoms with Gasteiger partial charge < -0.3 is 0 Å². The van der Waals surface area contributed by atoms with E-state index in [0.717, 1.165) is 52.3 Å². The minimum atomic E-state index is -0.308. The number of aryl methyl sites for hydroxylation is 2. The van der Waals surface area contributed by atoms with Gasteiger partial charge in [-0.15, -0.1) is 0 Å². The van der Waals surface area contributed by atoms with E-state index in [1.807, 2.05) is 0 Å². The second kappa shape index (κ2) is 11.7. The van der Waals surface area contributed by atoms with E-state index in [9.17, 15) is 0 Å². The maximum absolute atomic E-state index is 5.64. The van der Waals surface area contributed by atoms with E-state index in [1.165, 1.54) is 65.3 Å². The average Bonchev–Trinajstić information content (AvgIpc) is 3.66. The van der Waals surface area contributed by atoms with Crippen LogP contribution in [0.4, 0.5) is 0 Å². The molecule has 8 aromatic carbocycles. The van der Waals surface area contributed by atoms with Gasteiger partial charge in [0.15, 0.2) is 5.82 Å². The van der Waals surface area contributed by atoms with Crippen LogP contribution in [0, 0.1) is 0 Å². The molecule has 256 valence electrons. The predicted octanol–water partition coefficient (Wildman–Crippen LogP) is 12.8. The van der Waals surface area contributed by atoms with Gasteiger partial charge in [-0.1, -0.05) is 153 Å². The zero-order valence-electron chi connectivity index (χ0n) is 30.3. The summed E-state index contributed by atoms with van der Waals surface area (Å²) in [6.07, 6.45) is 1.97. The molecule has 3 heteroatoms. The van der Waals surface area contributed by atoms with Crippen LogP contribution in [0.25, 0.3) is 82.5 Å². The molecule has 0 amide bonds. The maximum atomic E-state index is 5.64. The van der Waals surface area contributed by atoms with Gasteiger partial charge in [-0.2, -0.15) is 0 Å². The molecule has 11 rings (SSSR count). The number of hydrogen-bond donors (Lipinski definition) is 0. The summed E-state index contributed by atoms with van der Waals surface area (Å²) < 4.78 is 2.40. The first-order valence-electron chi connectivity index (χ1n) is 19.0. The average molecular weight is 692 g/mol. The fourth-order valence-corrected chi connectivity index (χ4v) is 9.15. The van der Waals surface area contributed by atoms with Gasteiger partial charge in [-0.3, -0.25) is 4.57 Å². The van der Waals surface area contributed by atoms with Gasteiger partial charge in [-0.05, 0) is 91.7 Å². The smallest absolute Gasteiger partial charge is 0.161 e. The fourth-order valence-electron chi connectivity index (χ4n) is 9.15. The molecule has 0 fully saturated rings. The molecule has 3 nitrogen and oxygen atoms in total. The van der Waals surface area contributed by atoms with E-state index in [2.05, 4.69) is 182 Å². The lowest BCUT2D eigenvalue weighted by molar-refractivity contribution is 0.635. The Morgan fingerprint density at radius 2 is 1.20 bits per heavy atom. The zero-order valence-corrected chi connectivity index (χ0v) is 30.3. The summed E-state index contributed by atoms with van der Waals surface area (Å²) in [5.41, 5.74) is 10.4. The standard InChI is InChI=1S/C51H37N3/c1-51(2)44-22-12-10-21-41(44)47-48(51)52-49(53-50(47)54-45-23-13-11-20-40(45)43-29-33-16-6-7-17-34(33)31-46(43)54)37-26-27-39-36(25-24-32-14-4-3-5-15-32)28-35-18-8-9-19-38(35)42(39)30-37/h3-23,26-31H,24-25H2,1-2H3. The molecule has 1 aliphatic rings. The molecule has 0 atom stereocenters. The number of benzene rings is 8. The number of hydrogen-bond acceptors (Lipinski definition) is 2. The Balaban J connectivity index is 1.19. The number of aromatic nitrogens is 3. The van der Waals surface area contributed by atoms with Gasteiger partial charge in [0.05, 0.1) is 16.7 Å². The van der Waals surface area contributed by atoms with Crippen LogP contribution in [-0.2, 0) is 18.3 Å². The van der Waals surface area contributed by atoms with E-state index < -0.39 is 0 Å². The molecular formula is C51H37N3. The molecule has 2 heterocycles. The highest BCUT2D eigenvalue weighted by Crippen LogP contribution is 2.51.